The van der Waals surface area contributed by atoms with Crippen molar-refractivity contribution in [1.82, 2.24) is 24.3 Å². The molecule has 126 valence electrons. The number of rotatable bonds is 5. The molecule has 2 heterocycles. The van der Waals surface area contributed by atoms with Gasteiger partial charge >= 0.3 is 0 Å². The van der Waals surface area contributed by atoms with Gasteiger partial charge in [0.1, 0.15) is 12.7 Å². The highest BCUT2D eigenvalue weighted by molar-refractivity contribution is 5.82. The summed E-state index contributed by atoms with van der Waals surface area (Å²) < 4.78 is 3.70. The van der Waals surface area contributed by atoms with Crippen LogP contribution in [0.25, 0.3) is 11.0 Å². The van der Waals surface area contributed by atoms with Gasteiger partial charge in [-0.3, -0.25) is 4.68 Å². The van der Waals surface area contributed by atoms with Crippen molar-refractivity contribution in [2.75, 3.05) is 11.1 Å². The van der Waals surface area contributed by atoms with E-state index < -0.39 is 0 Å². The average molecular weight is 333 g/mol. The van der Waals surface area contributed by atoms with Gasteiger partial charge in [0, 0.05) is 12.7 Å². The van der Waals surface area contributed by atoms with Crippen molar-refractivity contribution in [3.05, 3.63) is 66.7 Å². The molecule has 0 aliphatic rings. The Balaban J connectivity index is 1.66. The topological polar surface area (TPSA) is 86.6 Å². The van der Waals surface area contributed by atoms with Crippen LogP contribution in [-0.4, -0.2) is 24.3 Å². The first-order valence-electron chi connectivity index (χ1n) is 8.06. The molecule has 4 rings (SSSR count). The molecule has 1 atom stereocenters. The van der Waals surface area contributed by atoms with E-state index in [9.17, 15) is 0 Å². The zero-order valence-electron chi connectivity index (χ0n) is 13.9. The van der Waals surface area contributed by atoms with E-state index in [1.165, 1.54) is 5.56 Å². The largest absolute Gasteiger partial charge is 0.376 e. The number of nitrogens with zero attached hydrogens (tertiary/aromatic N) is 5. The predicted octanol–water partition coefficient (Wildman–Crippen LogP) is 2.60. The number of aryl methyl sites for hydroxylation is 1. The molecular weight excluding hydrogens is 314 g/mol. The minimum absolute atomic E-state index is 0.0569. The molecule has 0 saturated carbocycles. The van der Waals surface area contributed by atoms with Crippen LogP contribution in [0.4, 0.5) is 11.6 Å². The number of fused-ring (bicyclic) bond motifs is 1. The SMILES string of the molecule is Cn1c(N)nc2cc(NC(Cn3cncn3)c3ccccc3)ccc21. The Hall–Kier alpha value is -3.35. The second-order valence-electron chi connectivity index (χ2n) is 5.96. The molecule has 0 saturated heterocycles. The first-order valence-corrected chi connectivity index (χ1v) is 8.06. The lowest BCUT2D eigenvalue weighted by atomic mass is 10.1. The highest BCUT2D eigenvalue weighted by atomic mass is 15.3. The molecule has 3 N–H and O–H groups in total. The Morgan fingerprint density at radius 2 is 2.00 bits per heavy atom. The summed E-state index contributed by atoms with van der Waals surface area (Å²) in [6.07, 6.45) is 3.27. The third-order valence-electron chi connectivity index (χ3n) is 4.29. The second kappa shape index (κ2) is 6.27. The van der Waals surface area contributed by atoms with E-state index in [4.69, 9.17) is 5.73 Å². The molecule has 25 heavy (non-hydrogen) atoms. The summed E-state index contributed by atoms with van der Waals surface area (Å²) in [5, 5.41) is 7.80. The van der Waals surface area contributed by atoms with E-state index in [2.05, 4.69) is 32.5 Å². The molecular formula is C18H19N7. The van der Waals surface area contributed by atoms with E-state index in [0.717, 1.165) is 16.7 Å². The van der Waals surface area contributed by atoms with E-state index in [-0.39, 0.29) is 6.04 Å². The average Bonchev–Trinajstić information content (AvgIpc) is 3.24. The van der Waals surface area contributed by atoms with Gasteiger partial charge in [-0.05, 0) is 23.8 Å². The van der Waals surface area contributed by atoms with Crippen LogP contribution in [0, 0.1) is 0 Å². The Morgan fingerprint density at radius 1 is 1.16 bits per heavy atom. The fourth-order valence-electron chi connectivity index (χ4n) is 2.94. The maximum absolute atomic E-state index is 5.90. The van der Waals surface area contributed by atoms with E-state index in [1.54, 1.807) is 12.7 Å². The van der Waals surface area contributed by atoms with E-state index >= 15 is 0 Å². The quantitative estimate of drug-likeness (QED) is 0.586. The number of hydrogen-bond donors (Lipinski definition) is 2. The molecule has 0 aliphatic carbocycles. The Bertz CT molecular complexity index is 974. The summed E-state index contributed by atoms with van der Waals surface area (Å²) in [7, 11) is 1.91. The first-order chi connectivity index (χ1) is 12.2. The molecule has 7 nitrogen and oxygen atoms in total. The summed E-state index contributed by atoms with van der Waals surface area (Å²) in [5.74, 6) is 0.509. The highest BCUT2D eigenvalue weighted by Gasteiger charge is 2.14. The number of hydrogen-bond acceptors (Lipinski definition) is 5. The number of imidazole rings is 1. The fraction of sp³-hybridized carbons (Fsp3) is 0.167. The van der Waals surface area contributed by atoms with Crippen molar-refractivity contribution in [1.29, 1.82) is 0 Å². The molecule has 0 fully saturated rings. The molecule has 0 bridgehead atoms. The van der Waals surface area contributed by atoms with Gasteiger partial charge in [0.25, 0.3) is 0 Å². The number of nitrogen functional groups attached to an aromatic ring is 1. The van der Waals surface area contributed by atoms with Gasteiger partial charge in [0.05, 0.1) is 23.6 Å². The van der Waals surface area contributed by atoms with Gasteiger partial charge in [0.2, 0.25) is 5.95 Å². The van der Waals surface area contributed by atoms with Crippen LogP contribution in [0.1, 0.15) is 11.6 Å². The zero-order chi connectivity index (χ0) is 17.2. The Kier molecular flexibility index (Phi) is 3.81. The summed E-state index contributed by atoms with van der Waals surface area (Å²) in [6, 6.07) is 16.4. The first kappa shape index (κ1) is 15.2. The third kappa shape index (κ3) is 3.03. The summed E-state index contributed by atoms with van der Waals surface area (Å²) >= 11 is 0. The Labute approximate surface area is 145 Å². The lowest BCUT2D eigenvalue weighted by molar-refractivity contribution is 0.550. The van der Waals surface area contributed by atoms with Gasteiger partial charge in [-0.25, -0.2) is 9.97 Å². The molecule has 0 radical (unpaired) electrons. The standard InChI is InChI=1S/C18H19N7/c1-24-17-8-7-14(9-15(17)23-18(24)19)22-16(10-25-12-20-11-21-25)13-5-3-2-4-6-13/h2-9,11-12,16,22H,10H2,1H3,(H2,19,23). The third-order valence-corrected chi connectivity index (χ3v) is 4.29. The molecule has 7 heteroatoms. The van der Waals surface area contributed by atoms with Crippen molar-refractivity contribution < 1.29 is 0 Å². The van der Waals surface area contributed by atoms with E-state index in [0.29, 0.717) is 12.5 Å². The molecule has 0 aliphatic heterocycles. The van der Waals surface area contributed by atoms with Crippen molar-refractivity contribution in [3.8, 4) is 0 Å². The number of anilines is 2. The molecule has 2 aromatic carbocycles. The monoisotopic (exact) mass is 333 g/mol. The van der Waals surface area contributed by atoms with Crippen LogP contribution in [0.3, 0.4) is 0 Å². The van der Waals surface area contributed by atoms with Crippen molar-refractivity contribution in [2.45, 2.75) is 12.6 Å². The molecule has 1 unspecified atom stereocenters. The number of aromatic nitrogens is 5. The molecule has 2 aromatic heterocycles. The zero-order valence-corrected chi connectivity index (χ0v) is 13.9. The van der Waals surface area contributed by atoms with Gasteiger partial charge in [-0.2, -0.15) is 5.10 Å². The number of nitrogens with two attached hydrogens (primary N) is 1. The minimum Gasteiger partial charge on any atom is -0.376 e. The van der Waals surface area contributed by atoms with Crippen LogP contribution in [0.15, 0.2) is 61.2 Å². The minimum atomic E-state index is 0.0569. The van der Waals surface area contributed by atoms with Crippen LogP contribution < -0.4 is 11.1 Å². The summed E-state index contributed by atoms with van der Waals surface area (Å²) in [4.78, 5) is 8.43. The van der Waals surface area contributed by atoms with Crippen LogP contribution in [0.5, 0.6) is 0 Å². The fourth-order valence-corrected chi connectivity index (χ4v) is 2.94. The maximum Gasteiger partial charge on any atom is 0.200 e. The van der Waals surface area contributed by atoms with Crippen LogP contribution in [-0.2, 0) is 13.6 Å². The number of nitrogens with one attached hydrogen (secondary N) is 1. The smallest absolute Gasteiger partial charge is 0.200 e. The predicted molar refractivity (Wildman–Crippen MR) is 98.0 cm³/mol. The van der Waals surface area contributed by atoms with Gasteiger partial charge in [-0.1, -0.05) is 30.3 Å². The Morgan fingerprint density at radius 3 is 2.76 bits per heavy atom. The van der Waals surface area contributed by atoms with Gasteiger partial charge < -0.3 is 15.6 Å². The second-order valence-corrected chi connectivity index (χ2v) is 5.96. The normalized spacial score (nSPS) is 12.4. The number of benzene rings is 2. The van der Waals surface area contributed by atoms with Gasteiger partial charge in [-0.15, -0.1) is 0 Å². The van der Waals surface area contributed by atoms with Crippen LogP contribution in [0.2, 0.25) is 0 Å². The lowest BCUT2D eigenvalue weighted by Gasteiger charge is -2.20. The van der Waals surface area contributed by atoms with Crippen molar-refractivity contribution >= 4 is 22.7 Å². The highest BCUT2D eigenvalue weighted by Crippen LogP contribution is 2.25. The van der Waals surface area contributed by atoms with E-state index in [1.807, 2.05) is 52.7 Å². The van der Waals surface area contributed by atoms with Crippen molar-refractivity contribution in [2.24, 2.45) is 7.05 Å². The molecule has 0 amide bonds. The van der Waals surface area contributed by atoms with Gasteiger partial charge in [0.15, 0.2) is 0 Å². The van der Waals surface area contributed by atoms with Crippen LogP contribution >= 0.6 is 0 Å². The maximum atomic E-state index is 5.90. The molecule has 4 aromatic rings. The summed E-state index contributed by atoms with van der Waals surface area (Å²) in [5.41, 5.74) is 9.95. The van der Waals surface area contributed by atoms with Crippen molar-refractivity contribution in [3.63, 3.8) is 0 Å². The molecule has 0 spiro atoms. The summed E-state index contributed by atoms with van der Waals surface area (Å²) in [6.45, 7) is 0.673. The lowest BCUT2D eigenvalue weighted by Crippen LogP contribution is -2.18.